The summed E-state index contributed by atoms with van der Waals surface area (Å²) in [6.45, 7) is 2.12. The number of hydrogen-bond acceptors (Lipinski definition) is 2. The first-order valence-corrected chi connectivity index (χ1v) is 6.98. The maximum absolute atomic E-state index is 13.4. The van der Waals surface area contributed by atoms with Crippen molar-refractivity contribution in [3.63, 3.8) is 0 Å². The molecule has 1 aliphatic heterocycles. The van der Waals surface area contributed by atoms with Gasteiger partial charge in [-0.25, -0.2) is 4.39 Å². The van der Waals surface area contributed by atoms with Crippen molar-refractivity contribution in [2.75, 3.05) is 0 Å². The maximum atomic E-state index is 13.4. The number of halogens is 1. The fraction of sp³-hybridized carbons (Fsp3) is 0.294. The minimum Gasteiger partial charge on any atom is -0.485 e. The first kappa shape index (κ1) is 13.1. The quantitative estimate of drug-likeness (QED) is 0.898. The SMILES string of the molecule is CCc1ccccc1C1C[C@@H](N)c2ccc(F)cc2O1. The second-order valence-electron chi connectivity index (χ2n) is 5.18. The zero-order valence-corrected chi connectivity index (χ0v) is 11.5. The van der Waals surface area contributed by atoms with Crippen LogP contribution in [-0.2, 0) is 6.42 Å². The molecule has 0 aliphatic carbocycles. The molecule has 2 aromatic carbocycles. The molecule has 2 N–H and O–H groups in total. The lowest BCUT2D eigenvalue weighted by atomic mass is 9.91. The largest absolute Gasteiger partial charge is 0.485 e. The Morgan fingerprint density at radius 2 is 2.00 bits per heavy atom. The summed E-state index contributed by atoms with van der Waals surface area (Å²) in [6, 6.07) is 12.7. The predicted octanol–water partition coefficient (Wildman–Crippen LogP) is 3.91. The van der Waals surface area contributed by atoms with Crippen LogP contribution in [0.1, 0.15) is 42.2 Å². The average Bonchev–Trinajstić information content (AvgIpc) is 2.46. The van der Waals surface area contributed by atoms with E-state index in [9.17, 15) is 4.39 Å². The van der Waals surface area contributed by atoms with Gasteiger partial charge in [0.05, 0.1) is 0 Å². The topological polar surface area (TPSA) is 35.2 Å². The molecule has 0 saturated carbocycles. The van der Waals surface area contributed by atoms with Crippen LogP contribution in [0.4, 0.5) is 4.39 Å². The van der Waals surface area contributed by atoms with Crippen LogP contribution in [0.2, 0.25) is 0 Å². The standard InChI is InChI=1S/C17H18FNO/c1-2-11-5-3-4-6-13(11)17-10-15(19)14-8-7-12(18)9-16(14)20-17/h3-9,15,17H,2,10,19H2,1H3/t15-,17?/m1/s1. The summed E-state index contributed by atoms with van der Waals surface area (Å²) >= 11 is 0. The van der Waals surface area contributed by atoms with Gasteiger partial charge in [-0.3, -0.25) is 0 Å². The number of aryl methyl sites for hydroxylation is 1. The van der Waals surface area contributed by atoms with Gasteiger partial charge in [0, 0.05) is 24.1 Å². The molecule has 0 spiro atoms. The predicted molar refractivity (Wildman–Crippen MR) is 77.1 cm³/mol. The highest BCUT2D eigenvalue weighted by Gasteiger charge is 2.28. The van der Waals surface area contributed by atoms with E-state index in [0.717, 1.165) is 24.0 Å². The molecule has 3 heteroatoms. The van der Waals surface area contributed by atoms with E-state index in [1.54, 1.807) is 6.07 Å². The first-order chi connectivity index (χ1) is 9.69. The molecule has 1 unspecified atom stereocenters. The monoisotopic (exact) mass is 271 g/mol. The van der Waals surface area contributed by atoms with E-state index in [2.05, 4.69) is 19.1 Å². The van der Waals surface area contributed by atoms with Gasteiger partial charge in [-0.1, -0.05) is 37.3 Å². The Bertz CT molecular complexity index is 626. The van der Waals surface area contributed by atoms with E-state index in [-0.39, 0.29) is 18.0 Å². The van der Waals surface area contributed by atoms with E-state index in [4.69, 9.17) is 10.5 Å². The fourth-order valence-corrected chi connectivity index (χ4v) is 2.84. The third-order valence-corrected chi connectivity index (χ3v) is 3.90. The molecule has 0 saturated heterocycles. The van der Waals surface area contributed by atoms with Gasteiger partial charge in [-0.15, -0.1) is 0 Å². The molecule has 1 heterocycles. The third-order valence-electron chi connectivity index (χ3n) is 3.90. The second-order valence-corrected chi connectivity index (χ2v) is 5.18. The summed E-state index contributed by atoms with van der Waals surface area (Å²) < 4.78 is 19.4. The Hall–Kier alpha value is -1.87. The van der Waals surface area contributed by atoms with Crippen LogP contribution in [0, 0.1) is 5.82 Å². The van der Waals surface area contributed by atoms with E-state index in [1.807, 2.05) is 12.1 Å². The minimum atomic E-state index is -0.291. The van der Waals surface area contributed by atoms with Crippen LogP contribution in [0.5, 0.6) is 5.75 Å². The molecule has 0 aromatic heterocycles. The molecule has 2 atom stereocenters. The Labute approximate surface area is 118 Å². The summed E-state index contributed by atoms with van der Waals surface area (Å²) in [5, 5.41) is 0. The van der Waals surface area contributed by atoms with Gasteiger partial charge >= 0.3 is 0 Å². The van der Waals surface area contributed by atoms with Crippen LogP contribution >= 0.6 is 0 Å². The van der Waals surface area contributed by atoms with Crippen molar-refractivity contribution in [2.45, 2.75) is 31.9 Å². The molecule has 0 fully saturated rings. The van der Waals surface area contributed by atoms with Gasteiger partial charge in [0.15, 0.2) is 0 Å². The molecule has 20 heavy (non-hydrogen) atoms. The molecule has 0 amide bonds. The highest BCUT2D eigenvalue weighted by Crippen LogP contribution is 2.40. The third kappa shape index (κ3) is 2.29. The normalized spacial score (nSPS) is 21.1. The summed E-state index contributed by atoms with van der Waals surface area (Å²) in [5.41, 5.74) is 9.51. The number of rotatable bonds is 2. The Kier molecular flexibility index (Phi) is 3.45. The van der Waals surface area contributed by atoms with Crippen LogP contribution in [0.15, 0.2) is 42.5 Å². The highest BCUT2D eigenvalue weighted by atomic mass is 19.1. The number of hydrogen-bond donors (Lipinski definition) is 1. The fourth-order valence-electron chi connectivity index (χ4n) is 2.84. The number of ether oxygens (including phenoxy) is 1. The van der Waals surface area contributed by atoms with Crippen molar-refractivity contribution in [3.05, 3.63) is 65.0 Å². The van der Waals surface area contributed by atoms with E-state index < -0.39 is 0 Å². The minimum absolute atomic E-state index is 0.101. The molecular formula is C17H18FNO. The summed E-state index contributed by atoms with van der Waals surface area (Å²) in [4.78, 5) is 0. The summed E-state index contributed by atoms with van der Waals surface area (Å²) in [7, 11) is 0. The number of nitrogens with two attached hydrogens (primary N) is 1. The van der Waals surface area contributed by atoms with Crippen molar-refractivity contribution < 1.29 is 9.13 Å². The molecule has 0 bridgehead atoms. The molecule has 2 nitrogen and oxygen atoms in total. The zero-order valence-electron chi connectivity index (χ0n) is 11.5. The molecule has 2 aromatic rings. The first-order valence-electron chi connectivity index (χ1n) is 6.98. The zero-order chi connectivity index (χ0) is 14.1. The van der Waals surface area contributed by atoms with Crippen molar-refractivity contribution >= 4 is 0 Å². The lowest BCUT2D eigenvalue weighted by molar-refractivity contribution is 0.160. The molecule has 3 rings (SSSR count). The van der Waals surface area contributed by atoms with Gasteiger partial charge < -0.3 is 10.5 Å². The molecule has 0 radical (unpaired) electrons. The smallest absolute Gasteiger partial charge is 0.127 e. The lowest BCUT2D eigenvalue weighted by Gasteiger charge is -2.31. The Morgan fingerprint density at radius 1 is 1.20 bits per heavy atom. The number of fused-ring (bicyclic) bond motifs is 1. The van der Waals surface area contributed by atoms with Crippen LogP contribution in [0.3, 0.4) is 0 Å². The Balaban J connectivity index is 1.98. The Morgan fingerprint density at radius 3 is 2.80 bits per heavy atom. The van der Waals surface area contributed by atoms with Gasteiger partial charge in [-0.2, -0.15) is 0 Å². The van der Waals surface area contributed by atoms with E-state index in [1.165, 1.54) is 17.7 Å². The van der Waals surface area contributed by atoms with E-state index in [0.29, 0.717) is 5.75 Å². The van der Waals surface area contributed by atoms with Crippen molar-refractivity contribution in [1.29, 1.82) is 0 Å². The molecule has 104 valence electrons. The van der Waals surface area contributed by atoms with Crippen molar-refractivity contribution in [2.24, 2.45) is 5.73 Å². The van der Waals surface area contributed by atoms with Crippen molar-refractivity contribution in [3.8, 4) is 5.75 Å². The van der Waals surface area contributed by atoms with Crippen LogP contribution < -0.4 is 10.5 Å². The second kappa shape index (κ2) is 5.25. The van der Waals surface area contributed by atoms with Crippen molar-refractivity contribution in [1.82, 2.24) is 0 Å². The number of benzene rings is 2. The average molecular weight is 271 g/mol. The summed E-state index contributed by atoms with van der Waals surface area (Å²) in [5.74, 6) is 0.278. The van der Waals surface area contributed by atoms with E-state index >= 15 is 0 Å². The van der Waals surface area contributed by atoms with Gasteiger partial charge in [0.1, 0.15) is 17.7 Å². The highest BCUT2D eigenvalue weighted by molar-refractivity contribution is 5.40. The van der Waals surface area contributed by atoms with Gasteiger partial charge in [0.2, 0.25) is 0 Å². The van der Waals surface area contributed by atoms with Gasteiger partial charge in [0.25, 0.3) is 0 Å². The van der Waals surface area contributed by atoms with Crippen LogP contribution in [-0.4, -0.2) is 0 Å². The maximum Gasteiger partial charge on any atom is 0.127 e. The lowest BCUT2D eigenvalue weighted by Crippen LogP contribution is -2.24. The van der Waals surface area contributed by atoms with Gasteiger partial charge in [-0.05, 0) is 23.6 Å². The van der Waals surface area contributed by atoms with Crippen LogP contribution in [0.25, 0.3) is 0 Å². The molecular weight excluding hydrogens is 253 g/mol. The molecule has 1 aliphatic rings. The summed E-state index contributed by atoms with van der Waals surface area (Å²) in [6.07, 6.45) is 1.56.